The van der Waals surface area contributed by atoms with E-state index < -0.39 is 11.9 Å². The van der Waals surface area contributed by atoms with Gasteiger partial charge in [0.2, 0.25) is 0 Å². The van der Waals surface area contributed by atoms with Gasteiger partial charge in [-0.1, -0.05) is 13.0 Å². The van der Waals surface area contributed by atoms with Crippen LogP contribution in [0.1, 0.15) is 36.1 Å². The van der Waals surface area contributed by atoms with Gasteiger partial charge in [-0.05, 0) is 44.5 Å². The number of carboxylic acid groups (broad SMARTS) is 1. The van der Waals surface area contributed by atoms with Gasteiger partial charge in [0.05, 0.1) is 13.0 Å². The molecule has 2 unspecified atom stereocenters. The summed E-state index contributed by atoms with van der Waals surface area (Å²) in [6, 6.07) is 4.05. The van der Waals surface area contributed by atoms with E-state index in [-0.39, 0.29) is 6.04 Å². The fraction of sp³-hybridized carbons (Fsp3) is 0.533. The number of carboxylic acids is 1. The van der Waals surface area contributed by atoms with E-state index in [2.05, 4.69) is 11.4 Å². The van der Waals surface area contributed by atoms with Gasteiger partial charge < -0.3 is 15.2 Å². The van der Waals surface area contributed by atoms with E-state index in [0.717, 1.165) is 11.3 Å². The first-order valence-electron chi connectivity index (χ1n) is 6.45. The molecule has 0 fully saturated rings. The summed E-state index contributed by atoms with van der Waals surface area (Å²) in [6.07, 6.45) is 0.532. The van der Waals surface area contributed by atoms with E-state index in [0.29, 0.717) is 6.42 Å². The molecule has 1 aromatic rings. The molecule has 1 rings (SSSR count). The van der Waals surface area contributed by atoms with Gasteiger partial charge in [0.1, 0.15) is 5.75 Å². The number of ether oxygens (including phenoxy) is 1. The largest absolute Gasteiger partial charge is 0.496 e. The minimum atomic E-state index is -0.775. The van der Waals surface area contributed by atoms with Crippen molar-refractivity contribution in [1.82, 2.24) is 5.32 Å². The van der Waals surface area contributed by atoms with Gasteiger partial charge in [-0.2, -0.15) is 0 Å². The van der Waals surface area contributed by atoms with Crippen molar-refractivity contribution < 1.29 is 14.6 Å². The third kappa shape index (κ3) is 3.70. The van der Waals surface area contributed by atoms with E-state index in [1.54, 1.807) is 14.0 Å². The third-order valence-electron chi connectivity index (χ3n) is 3.58. The molecule has 0 radical (unpaired) electrons. The van der Waals surface area contributed by atoms with Gasteiger partial charge in [-0.3, -0.25) is 4.79 Å². The predicted molar refractivity (Wildman–Crippen MR) is 75.7 cm³/mol. The molecule has 0 spiro atoms. The number of nitrogens with one attached hydrogen (secondary N) is 1. The second-order valence-electron chi connectivity index (χ2n) is 4.99. The monoisotopic (exact) mass is 265 g/mol. The van der Waals surface area contributed by atoms with Crippen LogP contribution in [0.15, 0.2) is 12.1 Å². The number of aliphatic carboxylic acids is 1. The zero-order valence-corrected chi connectivity index (χ0v) is 12.3. The number of rotatable bonds is 6. The Hall–Kier alpha value is -1.55. The SMILES string of the molecule is CNC(CC(C)C(=O)O)c1cc(C)c(C)cc1OC. The number of hydrogen-bond donors (Lipinski definition) is 2. The summed E-state index contributed by atoms with van der Waals surface area (Å²) < 4.78 is 5.42. The first-order chi connectivity index (χ1) is 8.90. The van der Waals surface area contributed by atoms with Crippen LogP contribution in [0.25, 0.3) is 0 Å². The van der Waals surface area contributed by atoms with Crippen LogP contribution in [0.2, 0.25) is 0 Å². The number of methoxy groups -OCH3 is 1. The molecule has 1 aromatic carbocycles. The summed E-state index contributed by atoms with van der Waals surface area (Å²) in [4.78, 5) is 11.0. The fourth-order valence-electron chi connectivity index (χ4n) is 2.12. The van der Waals surface area contributed by atoms with Gasteiger partial charge in [-0.15, -0.1) is 0 Å². The smallest absolute Gasteiger partial charge is 0.306 e. The predicted octanol–water partition coefficient (Wildman–Crippen LogP) is 2.68. The van der Waals surface area contributed by atoms with Gasteiger partial charge in [0, 0.05) is 11.6 Å². The van der Waals surface area contributed by atoms with E-state index in [1.165, 1.54) is 11.1 Å². The Morgan fingerprint density at radius 2 is 1.95 bits per heavy atom. The lowest BCUT2D eigenvalue weighted by Crippen LogP contribution is -2.23. The van der Waals surface area contributed by atoms with Crippen LogP contribution in [0.4, 0.5) is 0 Å². The van der Waals surface area contributed by atoms with Gasteiger partial charge in [0.15, 0.2) is 0 Å². The van der Waals surface area contributed by atoms with Crippen LogP contribution in [0.5, 0.6) is 5.75 Å². The fourth-order valence-corrected chi connectivity index (χ4v) is 2.12. The normalized spacial score (nSPS) is 13.9. The number of aryl methyl sites for hydroxylation is 2. The molecule has 0 aliphatic heterocycles. The summed E-state index contributed by atoms with van der Waals surface area (Å²) >= 11 is 0. The molecule has 0 aromatic heterocycles. The zero-order valence-electron chi connectivity index (χ0n) is 12.3. The molecule has 0 bridgehead atoms. The Kier molecular flexibility index (Phi) is 5.36. The maximum atomic E-state index is 11.0. The molecule has 0 aliphatic carbocycles. The molecule has 0 aliphatic rings. The first kappa shape index (κ1) is 15.5. The lowest BCUT2D eigenvalue weighted by molar-refractivity contribution is -0.141. The summed E-state index contributed by atoms with van der Waals surface area (Å²) in [5, 5.41) is 12.2. The summed E-state index contributed by atoms with van der Waals surface area (Å²) in [7, 11) is 3.48. The highest BCUT2D eigenvalue weighted by atomic mass is 16.5. The molecule has 19 heavy (non-hydrogen) atoms. The van der Waals surface area contributed by atoms with Crippen LogP contribution in [0.3, 0.4) is 0 Å². The van der Waals surface area contributed by atoms with Gasteiger partial charge in [0.25, 0.3) is 0 Å². The molecular formula is C15H23NO3. The molecule has 0 heterocycles. The van der Waals surface area contributed by atoms with Gasteiger partial charge >= 0.3 is 5.97 Å². The molecule has 2 atom stereocenters. The van der Waals surface area contributed by atoms with E-state index in [4.69, 9.17) is 9.84 Å². The quantitative estimate of drug-likeness (QED) is 0.830. The van der Waals surface area contributed by atoms with E-state index in [1.807, 2.05) is 27.0 Å². The minimum absolute atomic E-state index is 0.0275. The van der Waals surface area contributed by atoms with Crippen molar-refractivity contribution in [3.8, 4) is 5.75 Å². The Bertz CT molecular complexity index is 457. The van der Waals surface area contributed by atoms with Crippen LogP contribution in [-0.2, 0) is 4.79 Å². The van der Waals surface area contributed by atoms with Crippen molar-refractivity contribution in [2.75, 3.05) is 14.2 Å². The van der Waals surface area contributed by atoms with Crippen molar-refractivity contribution in [3.63, 3.8) is 0 Å². The van der Waals surface area contributed by atoms with Crippen LogP contribution in [-0.4, -0.2) is 25.2 Å². The Morgan fingerprint density at radius 1 is 1.37 bits per heavy atom. The van der Waals surface area contributed by atoms with Crippen molar-refractivity contribution in [2.45, 2.75) is 33.2 Å². The molecule has 0 saturated carbocycles. The molecule has 4 heteroatoms. The van der Waals surface area contributed by atoms with Crippen molar-refractivity contribution in [1.29, 1.82) is 0 Å². The number of hydrogen-bond acceptors (Lipinski definition) is 3. The van der Waals surface area contributed by atoms with Crippen molar-refractivity contribution in [3.05, 3.63) is 28.8 Å². The first-order valence-corrected chi connectivity index (χ1v) is 6.45. The molecule has 0 saturated heterocycles. The molecular weight excluding hydrogens is 242 g/mol. The van der Waals surface area contributed by atoms with Crippen LogP contribution < -0.4 is 10.1 Å². The molecule has 2 N–H and O–H groups in total. The second kappa shape index (κ2) is 6.57. The zero-order chi connectivity index (χ0) is 14.6. The maximum absolute atomic E-state index is 11.0. The third-order valence-corrected chi connectivity index (χ3v) is 3.58. The second-order valence-corrected chi connectivity index (χ2v) is 4.99. The van der Waals surface area contributed by atoms with Gasteiger partial charge in [-0.25, -0.2) is 0 Å². The highest BCUT2D eigenvalue weighted by molar-refractivity contribution is 5.69. The summed E-state index contributed by atoms with van der Waals surface area (Å²) in [6.45, 7) is 5.81. The van der Waals surface area contributed by atoms with E-state index in [9.17, 15) is 4.79 Å². The highest BCUT2D eigenvalue weighted by Crippen LogP contribution is 2.31. The number of carbonyl (C=O) groups is 1. The van der Waals surface area contributed by atoms with Crippen molar-refractivity contribution in [2.24, 2.45) is 5.92 Å². The minimum Gasteiger partial charge on any atom is -0.496 e. The highest BCUT2D eigenvalue weighted by Gasteiger charge is 2.21. The maximum Gasteiger partial charge on any atom is 0.306 e. The lowest BCUT2D eigenvalue weighted by atomic mass is 9.93. The Morgan fingerprint density at radius 3 is 2.42 bits per heavy atom. The summed E-state index contributed by atoms with van der Waals surface area (Å²) in [5.41, 5.74) is 3.36. The average Bonchev–Trinajstić information content (AvgIpc) is 2.38. The van der Waals surface area contributed by atoms with E-state index >= 15 is 0 Å². The average molecular weight is 265 g/mol. The topological polar surface area (TPSA) is 58.6 Å². The van der Waals surface area contributed by atoms with Crippen LogP contribution >= 0.6 is 0 Å². The van der Waals surface area contributed by atoms with Crippen molar-refractivity contribution >= 4 is 5.97 Å². The lowest BCUT2D eigenvalue weighted by Gasteiger charge is -2.22. The molecule has 106 valence electrons. The molecule has 4 nitrogen and oxygen atoms in total. The number of benzene rings is 1. The molecule has 0 amide bonds. The standard InChI is InChI=1S/C15H23NO3/c1-9-6-12(14(19-5)8-10(9)2)13(16-4)7-11(3)15(17)18/h6,8,11,13,16H,7H2,1-5H3,(H,17,18). The summed E-state index contributed by atoms with van der Waals surface area (Å²) in [5.74, 6) is -0.369. The Balaban J connectivity index is 3.10. The van der Waals surface area contributed by atoms with Crippen LogP contribution in [0, 0.1) is 19.8 Å². The Labute approximate surface area is 114 Å².